The molecule has 0 aliphatic rings. The molecule has 0 aliphatic heterocycles. The summed E-state index contributed by atoms with van der Waals surface area (Å²) in [6.45, 7) is 6.73. The lowest BCUT2D eigenvalue weighted by atomic mass is 10.3. The zero-order valence-electron chi connectivity index (χ0n) is 11.9. The van der Waals surface area contributed by atoms with E-state index in [4.69, 9.17) is 5.73 Å². The van der Waals surface area contributed by atoms with Gasteiger partial charge in [-0.2, -0.15) is 5.10 Å². The fourth-order valence-corrected chi connectivity index (χ4v) is 1.87. The van der Waals surface area contributed by atoms with Gasteiger partial charge in [0.1, 0.15) is 5.69 Å². The molecule has 0 saturated carbocycles. The first-order valence-corrected chi connectivity index (χ1v) is 6.27. The smallest absolute Gasteiger partial charge is 0.272 e. The Hall–Kier alpha value is -2.05. The van der Waals surface area contributed by atoms with Crippen LogP contribution in [0.15, 0.2) is 0 Å². The largest absolute Gasteiger partial charge is 0.395 e. The number of amides is 2. The maximum absolute atomic E-state index is 12.0. The number of likely N-dealkylation sites (N-methyl/N-ethyl adjacent to an activating group) is 1. The van der Waals surface area contributed by atoms with Crippen molar-refractivity contribution in [2.75, 3.05) is 25.4 Å². The van der Waals surface area contributed by atoms with Crippen molar-refractivity contribution in [1.29, 1.82) is 0 Å². The summed E-state index contributed by atoms with van der Waals surface area (Å²) in [6.07, 6.45) is 0. The lowest BCUT2D eigenvalue weighted by Crippen LogP contribution is -2.40. The SMILES string of the molecule is CCN(CC)C(=O)CNC(=O)c1c(N)c(C)nn1C. The topological polar surface area (TPSA) is 93.2 Å². The molecule has 0 bridgehead atoms. The number of nitrogens with one attached hydrogen (secondary N) is 1. The van der Waals surface area contributed by atoms with Gasteiger partial charge >= 0.3 is 0 Å². The highest BCUT2D eigenvalue weighted by atomic mass is 16.2. The van der Waals surface area contributed by atoms with Crippen molar-refractivity contribution in [3.05, 3.63) is 11.4 Å². The summed E-state index contributed by atoms with van der Waals surface area (Å²) in [7, 11) is 1.64. The molecule has 0 fully saturated rings. The molecule has 3 N–H and O–H groups in total. The van der Waals surface area contributed by atoms with Crippen molar-refractivity contribution >= 4 is 17.5 Å². The molecule has 0 unspecified atom stereocenters. The summed E-state index contributed by atoms with van der Waals surface area (Å²) >= 11 is 0. The third-order valence-corrected chi connectivity index (χ3v) is 3.00. The molecular formula is C12H21N5O2. The van der Waals surface area contributed by atoms with E-state index in [1.54, 1.807) is 18.9 Å². The maximum Gasteiger partial charge on any atom is 0.272 e. The highest BCUT2D eigenvalue weighted by Gasteiger charge is 2.19. The minimum absolute atomic E-state index is 0.0375. The minimum atomic E-state index is -0.388. The van der Waals surface area contributed by atoms with E-state index in [1.165, 1.54) is 4.68 Å². The van der Waals surface area contributed by atoms with Crippen molar-refractivity contribution in [3.8, 4) is 0 Å². The molecule has 0 aliphatic carbocycles. The normalized spacial score (nSPS) is 10.3. The number of nitrogen functional groups attached to an aromatic ring is 1. The summed E-state index contributed by atoms with van der Waals surface area (Å²) in [4.78, 5) is 25.4. The van der Waals surface area contributed by atoms with Gasteiger partial charge in [-0.3, -0.25) is 14.3 Å². The predicted octanol–water partition coefficient (Wildman–Crippen LogP) is -0.0911. The Morgan fingerprint density at radius 3 is 2.37 bits per heavy atom. The first-order chi connectivity index (χ1) is 8.92. The van der Waals surface area contributed by atoms with Gasteiger partial charge in [-0.05, 0) is 20.8 Å². The van der Waals surface area contributed by atoms with Crippen LogP contribution in [-0.2, 0) is 11.8 Å². The summed E-state index contributed by atoms with van der Waals surface area (Å²) in [6, 6.07) is 0. The van der Waals surface area contributed by atoms with Crippen molar-refractivity contribution < 1.29 is 9.59 Å². The molecule has 19 heavy (non-hydrogen) atoms. The van der Waals surface area contributed by atoms with Crippen LogP contribution >= 0.6 is 0 Å². The van der Waals surface area contributed by atoms with E-state index >= 15 is 0 Å². The molecule has 0 atom stereocenters. The molecular weight excluding hydrogens is 246 g/mol. The van der Waals surface area contributed by atoms with Crippen molar-refractivity contribution in [2.45, 2.75) is 20.8 Å². The number of aromatic nitrogens is 2. The molecule has 1 aromatic heterocycles. The van der Waals surface area contributed by atoms with Crippen molar-refractivity contribution in [1.82, 2.24) is 20.0 Å². The molecule has 0 saturated heterocycles. The summed E-state index contributed by atoms with van der Waals surface area (Å²) in [5, 5.41) is 6.63. The summed E-state index contributed by atoms with van der Waals surface area (Å²) in [5.74, 6) is -0.503. The standard InChI is InChI=1S/C12H21N5O2/c1-5-17(6-2)9(18)7-14-12(19)11-10(13)8(3)15-16(11)4/h5-7,13H2,1-4H3,(H,14,19). The molecule has 7 nitrogen and oxygen atoms in total. The first kappa shape index (κ1) is 15.0. The van der Waals surface area contributed by atoms with Crippen LogP contribution < -0.4 is 11.1 Å². The highest BCUT2D eigenvalue weighted by molar-refractivity contribution is 5.99. The predicted molar refractivity (Wildman–Crippen MR) is 72.6 cm³/mol. The Bertz CT molecular complexity index is 477. The first-order valence-electron chi connectivity index (χ1n) is 6.27. The summed E-state index contributed by atoms with van der Waals surface area (Å²) < 4.78 is 1.42. The van der Waals surface area contributed by atoms with Crippen LogP contribution in [0.2, 0.25) is 0 Å². The second kappa shape index (κ2) is 6.21. The van der Waals surface area contributed by atoms with Crippen molar-refractivity contribution in [2.24, 2.45) is 7.05 Å². The fraction of sp³-hybridized carbons (Fsp3) is 0.583. The third kappa shape index (κ3) is 3.24. The van der Waals surface area contributed by atoms with Gasteiger partial charge < -0.3 is 16.0 Å². The number of carbonyl (C=O) groups excluding carboxylic acids is 2. The Labute approximate surface area is 112 Å². The van der Waals surface area contributed by atoms with E-state index in [9.17, 15) is 9.59 Å². The Kier molecular flexibility index (Phi) is 4.91. The number of nitrogens with zero attached hydrogens (tertiary/aromatic N) is 3. The van der Waals surface area contributed by atoms with Crippen molar-refractivity contribution in [3.63, 3.8) is 0 Å². The van der Waals surface area contributed by atoms with Gasteiger partial charge in [-0.15, -0.1) is 0 Å². The van der Waals surface area contributed by atoms with Gasteiger partial charge in [0.05, 0.1) is 17.9 Å². The Balaban J connectivity index is 2.68. The Morgan fingerprint density at radius 1 is 1.37 bits per heavy atom. The van der Waals surface area contributed by atoms with Gasteiger partial charge in [0.15, 0.2) is 0 Å². The van der Waals surface area contributed by atoms with E-state index in [1.807, 2.05) is 13.8 Å². The molecule has 0 radical (unpaired) electrons. The lowest BCUT2D eigenvalue weighted by molar-refractivity contribution is -0.129. The van der Waals surface area contributed by atoms with E-state index < -0.39 is 0 Å². The number of hydrogen-bond donors (Lipinski definition) is 2. The molecule has 1 aromatic rings. The van der Waals surface area contributed by atoms with Crippen LogP contribution in [0.25, 0.3) is 0 Å². The molecule has 1 heterocycles. The van der Waals surface area contributed by atoms with Gasteiger partial charge in [-0.1, -0.05) is 0 Å². The highest BCUT2D eigenvalue weighted by Crippen LogP contribution is 2.14. The van der Waals surface area contributed by atoms with Gasteiger partial charge in [0.25, 0.3) is 5.91 Å². The van der Waals surface area contributed by atoms with Crippen LogP contribution in [0, 0.1) is 6.92 Å². The molecule has 7 heteroatoms. The zero-order chi connectivity index (χ0) is 14.6. The van der Waals surface area contributed by atoms with Crippen LogP contribution in [0.1, 0.15) is 30.0 Å². The quantitative estimate of drug-likeness (QED) is 0.779. The molecule has 0 aromatic carbocycles. The van der Waals surface area contributed by atoms with Crippen LogP contribution in [0.5, 0.6) is 0 Å². The van der Waals surface area contributed by atoms with Crippen LogP contribution in [-0.4, -0.2) is 46.1 Å². The number of nitrogens with two attached hydrogens (primary N) is 1. The number of anilines is 1. The van der Waals surface area contributed by atoms with E-state index in [-0.39, 0.29) is 24.1 Å². The van der Waals surface area contributed by atoms with Gasteiger partial charge in [0, 0.05) is 20.1 Å². The zero-order valence-corrected chi connectivity index (χ0v) is 11.9. The number of hydrogen-bond acceptors (Lipinski definition) is 4. The molecule has 106 valence electrons. The second-order valence-electron chi connectivity index (χ2n) is 4.22. The molecule has 2 amide bonds. The number of aryl methyl sites for hydroxylation is 2. The number of rotatable bonds is 5. The van der Waals surface area contributed by atoms with Crippen LogP contribution in [0.4, 0.5) is 5.69 Å². The average Bonchev–Trinajstić information content (AvgIpc) is 2.62. The third-order valence-electron chi connectivity index (χ3n) is 3.00. The molecule has 0 spiro atoms. The maximum atomic E-state index is 12.0. The van der Waals surface area contributed by atoms with E-state index in [0.29, 0.717) is 24.5 Å². The van der Waals surface area contributed by atoms with Crippen LogP contribution in [0.3, 0.4) is 0 Å². The van der Waals surface area contributed by atoms with Gasteiger partial charge in [-0.25, -0.2) is 0 Å². The fourth-order valence-electron chi connectivity index (χ4n) is 1.87. The second-order valence-corrected chi connectivity index (χ2v) is 4.22. The minimum Gasteiger partial charge on any atom is -0.395 e. The van der Waals surface area contributed by atoms with E-state index in [2.05, 4.69) is 10.4 Å². The molecule has 1 rings (SSSR count). The average molecular weight is 267 g/mol. The summed E-state index contributed by atoms with van der Waals surface area (Å²) in [5.41, 5.74) is 7.01. The number of carbonyl (C=O) groups is 2. The monoisotopic (exact) mass is 267 g/mol. The van der Waals surface area contributed by atoms with E-state index in [0.717, 1.165) is 0 Å². The Morgan fingerprint density at radius 2 is 1.95 bits per heavy atom. The van der Waals surface area contributed by atoms with Gasteiger partial charge in [0.2, 0.25) is 5.91 Å². The lowest BCUT2D eigenvalue weighted by Gasteiger charge is -2.18.